The summed E-state index contributed by atoms with van der Waals surface area (Å²) < 4.78 is 0. The van der Waals surface area contributed by atoms with Gasteiger partial charge in [0.2, 0.25) is 0 Å². The Balaban J connectivity index is 0.00000324. The highest BCUT2D eigenvalue weighted by atomic mass is 127. The number of hydrogen-bond donors (Lipinski definition) is 2. The number of hydrogen-bond acceptors (Lipinski definition) is 1. The van der Waals surface area contributed by atoms with Crippen LogP contribution >= 0.6 is 47.2 Å². The van der Waals surface area contributed by atoms with Gasteiger partial charge in [0.05, 0.1) is 6.04 Å². The Hall–Kier alpha value is -0.200. The molecule has 3 N–H and O–H groups in total. The lowest BCUT2D eigenvalue weighted by Crippen LogP contribution is -2.34. The number of rotatable bonds is 5. The summed E-state index contributed by atoms with van der Waals surface area (Å²) in [4.78, 5) is 4.24. The zero-order chi connectivity index (χ0) is 13.5. The molecule has 1 rings (SSSR count). The van der Waals surface area contributed by atoms with E-state index in [0.717, 1.165) is 24.9 Å². The number of nitrogens with one attached hydrogen (secondary N) is 1. The normalized spacial score (nSPS) is 12.7. The number of halogens is 3. The number of nitrogens with zero attached hydrogens (tertiary/aromatic N) is 1. The van der Waals surface area contributed by atoms with Crippen LogP contribution in [0.4, 0.5) is 0 Å². The summed E-state index contributed by atoms with van der Waals surface area (Å²) in [7, 11) is 0. The van der Waals surface area contributed by atoms with Gasteiger partial charge < -0.3 is 11.1 Å². The standard InChI is InChI=1S/C13H19Cl2N3.HI/c1-3-4-7-17-13(16)18-9(2)11-6-5-10(14)8-12(11)15;/h5-6,8-9H,3-4,7H2,1-2H3,(H3,16,17,18);1H. The Morgan fingerprint density at radius 2 is 2.11 bits per heavy atom. The summed E-state index contributed by atoms with van der Waals surface area (Å²) in [6.07, 6.45) is 2.15. The number of aliphatic imine (C=N–C) groups is 1. The lowest BCUT2D eigenvalue weighted by Gasteiger charge is -2.16. The van der Waals surface area contributed by atoms with Gasteiger partial charge in [-0.1, -0.05) is 42.6 Å². The topological polar surface area (TPSA) is 50.4 Å². The van der Waals surface area contributed by atoms with E-state index < -0.39 is 0 Å². The predicted octanol–water partition coefficient (Wildman–Crippen LogP) is 4.38. The lowest BCUT2D eigenvalue weighted by molar-refractivity contribution is 0.703. The van der Waals surface area contributed by atoms with Gasteiger partial charge in [-0.15, -0.1) is 24.0 Å². The molecule has 0 heterocycles. The molecule has 0 radical (unpaired) electrons. The average Bonchev–Trinajstić information content (AvgIpc) is 2.28. The molecular formula is C13H20Cl2IN3. The second-order valence-corrected chi connectivity index (χ2v) is 5.00. The molecule has 0 fully saturated rings. The predicted molar refractivity (Wildman–Crippen MR) is 94.8 cm³/mol. The molecule has 0 aliphatic heterocycles. The fourth-order valence-corrected chi connectivity index (χ4v) is 2.13. The number of guanidine groups is 1. The highest BCUT2D eigenvalue weighted by molar-refractivity contribution is 14.0. The van der Waals surface area contributed by atoms with E-state index in [1.165, 1.54) is 0 Å². The van der Waals surface area contributed by atoms with Crippen molar-refractivity contribution in [1.82, 2.24) is 5.32 Å². The van der Waals surface area contributed by atoms with Crippen LogP contribution < -0.4 is 11.1 Å². The van der Waals surface area contributed by atoms with Crippen LogP contribution in [0.3, 0.4) is 0 Å². The highest BCUT2D eigenvalue weighted by Crippen LogP contribution is 2.25. The molecule has 0 saturated heterocycles. The molecule has 0 aliphatic rings. The molecule has 1 atom stereocenters. The van der Waals surface area contributed by atoms with E-state index in [4.69, 9.17) is 28.9 Å². The maximum atomic E-state index is 6.13. The van der Waals surface area contributed by atoms with E-state index >= 15 is 0 Å². The van der Waals surface area contributed by atoms with E-state index in [-0.39, 0.29) is 30.0 Å². The van der Waals surface area contributed by atoms with E-state index in [9.17, 15) is 0 Å². The molecule has 3 nitrogen and oxygen atoms in total. The fourth-order valence-electron chi connectivity index (χ4n) is 1.56. The SMILES string of the molecule is CCCCN=C(N)NC(C)c1ccc(Cl)cc1Cl.I. The van der Waals surface area contributed by atoms with Crippen LogP contribution in [0.25, 0.3) is 0 Å². The van der Waals surface area contributed by atoms with Crippen LogP contribution in [0.15, 0.2) is 23.2 Å². The van der Waals surface area contributed by atoms with Crippen molar-refractivity contribution in [1.29, 1.82) is 0 Å². The second kappa shape index (κ2) is 9.66. The Kier molecular flexibility index (Phi) is 9.56. The molecule has 1 aromatic rings. The zero-order valence-corrected chi connectivity index (χ0v) is 15.0. The molecule has 19 heavy (non-hydrogen) atoms. The van der Waals surface area contributed by atoms with Crippen LogP contribution in [0.5, 0.6) is 0 Å². The molecule has 0 amide bonds. The van der Waals surface area contributed by atoms with Crippen molar-refractivity contribution in [2.24, 2.45) is 10.7 Å². The van der Waals surface area contributed by atoms with E-state index in [1.807, 2.05) is 19.1 Å². The number of benzene rings is 1. The zero-order valence-electron chi connectivity index (χ0n) is 11.1. The van der Waals surface area contributed by atoms with Gasteiger partial charge in [0.15, 0.2) is 5.96 Å². The van der Waals surface area contributed by atoms with Crippen molar-refractivity contribution in [3.05, 3.63) is 33.8 Å². The fraction of sp³-hybridized carbons (Fsp3) is 0.462. The van der Waals surface area contributed by atoms with Crippen molar-refractivity contribution >= 4 is 53.1 Å². The molecule has 0 bridgehead atoms. The largest absolute Gasteiger partial charge is 0.370 e. The smallest absolute Gasteiger partial charge is 0.189 e. The van der Waals surface area contributed by atoms with Crippen molar-refractivity contribution < 1.29 is 0 Å². The van der Waals surface area contributed by atoms with Gasteiger partial charge in [-0.05, 0) is 31.0 Å². The van der Waals surface area contributed by atoms with Gasteiger partial charge >= 0.3 is 0 Å². The van der Waals surface area contributed by atoms with Crippen LogP contribution in [0, 0.1) is 0 Å². The quantitative estimate of drug-likeness (QED) is 0.324. The summed E-state index contributed by atoms with van der Waals surface area (Å²) in [5.41, 5.74) is 6.76. The first-order valence-electron chi connectivity index (χ1n) is 6.06. The van der Waals surface area contributed by atoms with Crippen LogP contribution in [0.1, 0.15) is 38.3 Å². The van der Waals surface area contributed by atoms with Crippen LogP contribution in [-0.2, 0) is 0 Å². The monoisotopic (exact) mass is 415 g/mol. The Bertz CT molecular complexity index is 424. The average molecular weight is 416 g/mol. The minimum Gasteiger partial charge on any atom is -0.370 e. The minimum absolute atomic E-state index is 0. The van der Waals surface area contributed by atoms with Crippen molar-refractivity contribution in [2.75, 3.05) is 6.54 Å². The molecular weight excluding hydrogens is 396 g/mol. The van der Waals surface area contributed by atoms with Gasteiger partial charge in [-0.2, -0.15) is 0 Å². The van der Waals surface area contributed by atoms with Gasteiger partial charge in [-0.3, -0.25) is 4.99 Å². The third-order valence-electron chi connectivity index (χ3n) is 2.59. The van der Waals surface area contributed by atoms with Gasteiger partial charge in [0.25, 0.3) is 0 Å². The summed E-state index contributed by atoms with van der Waals surface area (Å²) in [6.45, 7) is 4.85. The second-order valence-electron chi connectivity index (χ2n) is 4.15. The first-order valence-corrected chi connectivity index (χ1v) is 6.81. The minimum atomic E-state index is 0. The molecule has 0 spiro atoms. The van der Waals surface area contributed by atoms with Gasteiger partial charge in [0, 0.05) is 16.6 Å². The Labute approximate surface area is 142 Å². The maximum absolute atomic E-state index is 6.13. The van der Waals surface area contributed by atoms with E-state index in [2.05, 4.69) is 17.2 Å². The first kappa shape index (κ1) is 18.8. The molecule has 1 unspecified atom stereocenters. The van der Waals surface area contributed by atoms with Gasteiger partial charge in [-0.25, -0.2) is 0 Å². The number of nitrogens with two attached hydrogens (primary N) is 1. The van der Waals surface area contributed by atoms with Crippen molar-refractivity contribution in [2.45, 2.75) is 32.7 Å². The summed E-state index contributed by atoms with van der Waals surface area (Å²) in [5, 5.41) is 4.37. The third-order valence-corrected chi connectivity index (χ3v) is 3.15. The van der Waals surface area contributed by atoms with E-state index in [1.54, 1.807) is 6.07 Å². The molecule has 6 heteroatoms. The van der Waals surface area contributed by atoms with Crippen molar-refractivity contribution in [3.63, 3.8) is 0 Å². The summed E-state index contributed by atoms with van der Waals surface area (Å²) in [5.74, 6) is 0.446. The number of unbranched alkanes of at least 4 members (excludes halogenated alkanes) is 1. The van der Waals surface area contributed by atoms with E-state index in [0.29, 0.717) is 16.0 Å². The molecule has 0 aromatic heterocycles. The molecule has 1 aromatic carbocycles. The Morgan fingerprint density at radius 3 is 2.68 bits per heavy atom. The van der Waals surface area contributed by atoms with Gasteiger partial charge in [0.1, 0.15) is 0 Å². The molecule has 108 valence electrons. The molecule has 0 saturated carbocycles. The third kappa shape index (κ3) is 6.68. The maximum Gasteiger partial charge on any atom is 0.189 e. The highest BCUT2D eigenvalue weighted by Gasteiger charge is 2.10. The summed E-state index contributed by atoms with van der Waals surface area (Å²) in [6, 6.07) is 5.42. The summed E-state index contributed by atoms with van der Waals surface area (Å²) >= 11 is 12.0. The lowest BCUT2D eigenvalue weighted by atomic mass is 10.1. The van der Waals surface area contributed by atoms with Crippen molar-refractivity contribution in [3.8, 4) is 0 Å². The first-order chi connectivity index (χ1) is 8.54. The van der Waals surface area contributed by atoms with Crippen LogP contribution in [0.2, 0.25) is 10.0 Å². The van der Waals surface area contributed by atoms with Crippen LogP contribution in [-0.4, -0.2) is 12.5 Å². The Morgan fingerprint density at radius 1 is 1.42 bits per heavy atom. The molecule has 0 aliphatic carbocycles.